The number of aromatic nitrogens is 2. The Hall–Kier alpha value is -1.77. The van der Waals surface area contributed by atoms with Crippen LogP contribution in [0.15, 0.2) is 30.5 Å². The van der Waals surface area contributed by atoms with Gasteiger partial charge in [-0.3, -0.25) is 4.68 Å². The fourth-order valence-corrected chi connectivity index (χ4v) is 2.37. The topological polar surface area (TPSA) is 43.8 Å². The first-order valence-electron chi connectivity index (χ1n) is 6.13. The van der Waals surface area contributed by atoms with Crippen LogP contribution in [0, 0.1) is 0 Å². The SMILES string of the molecule is Cn1ncc(-c2cccc(C3CCC3)c2)c1N. The van der Waals surface area contributed by atoms with E-state index in [-0.39, 0.29) is 0 Å². The van der Waals surface area contributed by atoms with E-state index in [1.165, 1.54) is 30.4 Å². The molecule has 3 heteroatoms. The number of aryl methyl sites for hydroxylation is 1. The van der Waals surface area contributed by atoms with Crippen LogP contribution in [0.3, 0.4) is 0 Å². The minimum Gasteiger partial charge on any atom is -0.383 e. The van der Waals surface area contributed by atoms with Crippen LogP contribution in [0.1, 0.15) is 30.7 Å². The molecule has 0 saturated heterocycles. The second kappa shape index (κ2) is 3.91. The molecule has 3 nitrogen and oxygen atoms in total. The predicted octanol–water partition coefficient (Wildman–Crippen LogP) is 2.94. The molecule has 0 aliphatic heterocycles. The molecule has 88 valence electrons. The Labute approximate surface area is 101 Å². The van der Waals surface area contributed by atoms with Crippen molar-refractivity contribution in [3.05, 3.63) is 36.0 Å². The molecule has 1 heterocycles. The summed E-state index contributed by atoms with van der Waals surface area (Å²) in [6.07, 6.45) is 5.86. The molecule has 1 aliphatic carbocycles. The number of nitrogen functional groups attached to an aromatic ring is 1. The van der Waals surface area contributed by atoms with Gasteiger partial charge >= 0.3 is 0 Å². The normalized spacial score (nSPS) is 15.8. The molecule has 0 radical (unpaired) electrons. The number of anilines is 1. The van der Waals surface area contributed by atoms with E-state index in [1.807, 2.05) is 13.2 Å². The first kappa shape index (κ1) is 10.4. The molecule has 0 unspecified atom stereocenters. The van der Waals surface area contributed by atoms with Gasteiger partial charge in [-0.05, 0) is 29.9 Å². The van der Waals surface area contributed by atoms with Crippen molar-refractivity contribution in [1.29, 1.82) is 0 Å². The summed E-state index contributed by atoms with van der Waals surface area (Å²) in [7, 11) is 1.87. The summed E-state index contributed by atoms with van der Waals surface area (Å²) in [6, 6.07) is 8.71. The zero-order valence-electron chi connectivity index (χ0n) is 10.1. The maximum Gasteiger partial charge on any atom is 0.129 e. The van der Waals surface area contributed by atoms with E-state index in [9.17, 15) is 0 Å². The van der Waals surface area contributed by atoms with E-state index in [0.717, 1.165) is 17.3 Å². The van der Waals surface area contributed by atoms with Gasteiger partial charge in [-0.2, -0.15) is 5.10 Å². The molecule has 2 aromatic rings. The first-order valence-corrected chi connectivity index (χ1v) is 6.13. The Bertz CT molecular complexity index is 538. The van der Waals surface area contributed by atoms with Crippen LogP contribution in [0.4, 0.5) is 5.82 Å². The number of rotatable bonds is 2. The quantitative estimate of drug-likeness (QED) is 0.857. The Morgan fingerprint density at radius 3 is 2.76 bits per heavy atom. The fraction of sp³-hybridized carbons (Fsp3) is 0.357. The maximum absolute atomic E-state index is 6.01. The molecule has 0 amide bonds. The van der Waals surface area contributed by atoms with E-state index in [1.54, 1.807) is 4.68 Å². The molecule has 17 heavy (non-hydrogen) atoms. The van der Waals surface area contributed by atoms with E-state index in [2.05, 4.69) is 29.4 Å². The number of benzene rings is 1. The third kappa shape index (κ3) is 1.71. The van der Waals surface area contributed by atoms with E-state index in [0.29, 0.717) is 0 Å². The maximum atomic E-state index is 6.01. The lowest BCUT2D eigenvalue weighted by Gasteiger charge is -2.26. The zero-order valence-corrected chi connectivity index (χ0v) is 10.1. The van der Waals surface area contributed by atoms with E-state index < -0.39 is 0 Å². The van der Waals surface area contributed by atoms with Gasteiger partial charge in [0.1, 0.15) is 5.82 Å². The summed E-state index contributed by atoms with van der Waals surface area (Å²) >= 11 is 0. The zero-order chi connectivity index (χ0) is 11.8. The highest BCUT2D eigenvalue weighted by atomic mass is 15.3. The minimum absolute atomic E-state index is 0.732. The molecular formula is C14H17N3. The van der Waals surface area contributed by atoms with Gasteiger partial charge in [0, 0.05) is 12.6 Å². The largest absolute Gasteiger partial charge is 0.383 e. The van der Waals surface area contributed by atoms with Crippen molar-refractivity contribution in [2.45, 2.75) is 25.2 Å². The number of nitrogens with two attached hydrogens (primary N) is 1. The third-order valence-electron chi connectivity index (χ3n) is 3.76. The van der Waals surface area contributed by atoms with Crippen LogP contribution in [-0.2, 0) is 7.05 Å². The van der Waals surface area contributed by atoms with Crippen molar-refractivity contribution < 1.29 is 0 Å². The van der Waals surface area contributed by atoms with Crippen molar-refractivity contribution in [2.75, 3.05) is 5.73 Å². The van der Waals surface area contributed by atoms with Gasteiger partial charge in [-0.1, -0.05) is 30.7 Å². The van der Waals surface area contributed by atoms with E-state index >= 15 is 0 Å². The molecule has 1 saturated carbocycles. The summed E-state index contributed by atoms with van der Waals surface area (Å²) in [4.78, 5) is 0. The van der Waals surface area contributed by atoms with Crippen molar-refractivity contribution in [3.8, 4) is 11.1 Å². The third-order valence-corrected chi connectivity index (χ3v) is 3.76. The van der Waals surface area contributed by atoms with Gasteiger partial charge in [-0.25, -0.2) is 0 Å². The van der Waals surface area contributed by atoms with Gasteiger partial charge in [-0.15, -0.1) is 0 Å². The second-order valence-corrected chi connectivity index (χ2v) is 4.82. The number of hydrogen-bond donors (Lipinski definition) is 1. The van der Waals surface area contributed by atoms with Crippen LogP contribution in [0.5, 0.6) is 0 Å². The summed E-state index contributed by atoms with van der Waals surface area (Å²) in [6.45, 7) is 0. The van der Waals surface area contributed by atoms with Gasteiger partial charge < -0.3 is 5.73 Å². The molecule has 0 bridgehead atoms. The average Bonchev–Trinajstić information content (AvgIpc) is 2.58. The van der Waals surface area contributed by atoms with Crippen LogP contribution in [0.2, 0.25) is 0 Å². The molecule has 1 aromatic heterocycles. The molecule has 1 aliphatic rings. The van der Waals surface area contributed by atoms with Gasteiger partial charge in [0.15, 0.2) is 0 Å². The summed E-state index contributed by atoms with van der Waals surface area (Å²) < 4.78 is 1.71. The molecule has 1 fully saturated rings. The van der Waals surface area contributed by atoms with Gasteiger partial charge in [0.25, 0.3) is 0 Å². The number of hydrogen-bond acceptors (Lipinski definition) is 2. The highest BCUT2D eigenvalue weighted by Crippen LogP contribution is 2.38. The fourth-order valence-electron chi connectivity index (χ4n) is 2.37. The molecule has 2 N–H and O–H groups in total. The Kier molecular flexibility index (Phi) is 2.39. The Morgan fingerprint density at radius 2 is 2.18 bits per heavy atom. The van der Waals surface area contributed by atoms with Crippen LogP contribution >= 0.6 is 0 Å². The van der Waals surface area contributed by atoms with Crippen molar-refractivity contribution in [2.24, 2.45) is 7.05 Å². The van der Waals surface area contributed by atoms with Crippen LogP contribution in [-0.4, -0.2) is 9.78 Å². The minimum atomic E-state index is 0.732. The molecule has 0 spiro atoms. The van der Waals surface area contributed by atoms with E-state index in [4.69, 9.17) is 5.73 Å². The molecular weight excluding hydrogens is 210 g/mol. The number of nitrogens with zero attached hydrogens (tertiary/aromatic N) is 2. The monoisotopic (exact) mass is 227 g/mol. The van der Waals surface area contributed by atoms with Crippen LogP contribution in [0.25, 0.3) is 11.1 Å². The highest BCUT2D eigenvalue weighted by Gasteiger charge is 2.20. The molecule has 3 rings (SSSR count). The first-order chi connectivity index (χ1) is 8.25. The standard InChI is InChI=1S/C14H17N3/c1-17-14(15)13(9-16-17)12-7-3-6-11(8-12)10-4-2-5-10/h3,6-10H,2,4-5,15H2,1H3. The Morgan fingerprint density at radius 1 is 1.35 bits per heavy atom. The van der Waals surface area contributed by atoms with Crippen molar-refractivity contribution >= 4 is 5.82 Å². The lowest BCUT2D eigenvalue weighted by atomic mass is 9.79. The Balaban J connectivity index is 2.00. The van der Waals surface area contributed by atoms with Crippen molar-refractivity contribution in [3.63, 3.8) is 0 Å². The smallest absolute Gasteiger partial charge is 0.129 e. The second-order valence-electron chi connectivity index (χ2n) is 4.82. The average molecular weight is 227 g/mol. The summed E-state index contributed by atoms with van der Waals surface area (Å²) in [5.74, 6) is 1.49. The lowest BCUT2D eigenvalue weighted by Crippen LogP contribution is -2.08. The van der Waals surface area contributed by atoms with Crippen LogP contribution < -0.4 is 5.73 Å². The predicted molar refractivity (Wildman–Crippen MR) is 69.6 cm³/mol. The highest BCUT2D eigenvalue weighted by molar-refractivity contribution is 5.73. The molecule has 1 aromatic carbocycles. The lowest BCUT2D eigenvalue weighted by molar-refractivity contribution is 0.420. The van der Waals surface area contributed by atoms with Gasteiger partial charge in [0.2, 0.25) is 0 Å². The van der Waals surface area contributed by atoms with Crippen molar-refractivity contribution in [1.82, 2.24) is 9.78 Å². The molecule has 0 atom stereocenters. The summed E-state index contributed by atoms with van der Waals surface area (Å²) in [5.41, 5.74) is 9.67. The summed E-state index contributed by atoms with van der Waals surface area (Å²) in [5, 5.41) is 4.19. The van der Waals surface area contributed by atoms with Gasteiger partial charge in [0.05, 0.1) is 6.20 Å².